The van der Waals surface area contributed by atoms with Crippen molar-refractivity contribution in [1.29, 1.82) is 0 Å². The molecule has 0 bridgehead atoms. The quantitative estimate of drug-likeness (QED) is 0.885. The van der Waals surface area contributed by atoms with E-state index in [2.05, 4.69) is 5.32 Å². The fraction of sp³-hybridized carbons (Fsp3) is 0.417. The van der Waals surface area contributed by atoms with E-state index in [4.69, 9.17) is 28.9 Å². The van der Waals surface area contributed by atoms with Gasteiger partial charge >= 0.3 is 0 Å². The molecule has 1 aromatic carbocycles. The van der Waals surface area contributed by atoms with E-state index in [1.807, 2.05) is 0 Å². The summed E-state index contributed by atoms with van der Waals surface area (Å²) in [4.78, 5) is 11.7. The summed E-state index contributed by atoms with van der Waals surface area (Å²) in [6.45, 7) is 1.74. The minimum Gasteiger partial charge on any atom is -0.368 e. The number of primary amides is 1. The van der Waals surface area contributed by atoms with Gasteiger partial charge in [0.05, 0.1) is 10.0 Å². The standard InChI is InChI=1S/C12H14Cl2N2O/c1-12(11(15)17,16-7-5-6-7)8-3-2-4-9(13)10(8)14/h2-4,7,16H,5-6H2,1H3,(H2,15,17). The molecule has 5 heteroatoms. The second-order valence-electron chi connectivity index (χ2n) is 4.51. The van der Waals surface area contributed by atoms with Gasteiger partial charge in [-0.2, -0.15) is 0 Å². The van der Waals surface area contributed by atoms with Crippen molar-refractivity contribution in [2.75, 3.05) is 0 Å². The molecule has 17 heavy (non-hydrogen) atoms. The summed E-state index contributed by atoms with van der Waals surface area (Å²) in [6, 6.07) is 5.56. The van der Waals surface area contributed by atoms with Gasteiger partial charge in [0, 0.05) is 11.6 Å². The molecule has 1 aliphatic rings. The lowest BCUT2D eigenvalue weighted by Gasteiger charge is -2.29. The highest BCUT2D eigenvalue weighted by Gasteiger charge is 2.40. The molecule has 1 aromatic rings. The molecule has 0 aromatic heterocycles. The smallest absolute Gasteiger partial charge is 0.242 e. The Kier molecular flexibility index (Phi) is 3.34. The number of amides is 1. The van der Waals surface area contributed by atoms with Crippen molar-refractivity contribution in [2.45, 2.75) is 31.3 Å². The SMILES string of the molecule is CC(NC1CC1)(C(N)=O)c1cccc(Cl)c1Cl. The molecule has 1 aliphatic carbocycles. The Labute approximate surface area is 110 Å². The summed E-state index contributed by atoms with van der Waals surface area (Å²) < 4.78 is 0. The molecule has 3 N–H and O–H groups in total. The summed E-state index contributed by atoms with van der Waals surface area (Å²) >= 11 is 12.1. The number of rotatable bonds is 4. The predicted octanol–water partition coefficient (Wildman–Crippen LogP) is 2.45. The van der Waals surface area contributed by atoms with Crippen molar-refractivity contribution in [2.24, 2.45) is 5.73 Å². The van der Waals surface area contributed by atoms with Crippen molar-refractivity contribution in [1.82, 2.24) is 5.32 Å². The van der Waals surface area contributed by atoms with E-state index in [1.165, 1.54) is 0 Å². The van der Waals surface area contributed by atoms with Gasteiger partial charge in [-0.15, -0.1) is 0 Å². The molecule has 0 saturated heterocycles. The van der Waals surface area contributed by atoms with Crippen LogP contribution in [-0.4, -0.2) is 11.9 Å². The van der Waals surface area contributed by atoms with Crippen molar-refractivity contribution in [3.05, 3.63) is 33.8 Å². The van der Waals surface area contributed by atoms with Gasteiger partial charge in [-0.1, -0.05) is 35.3 Å². The fourth-order valence-electron chi connectivity index (χ4n) is 1.81. The molecule has 3 nitrogen and oxygen atoms in total. The third-order valence-corrected chi connectivity index (χ3v) is 3.87. The number of hydrogen-bond acceptors (Lipinski definition) is 2. The maximum Gasteiger partial charge on any atom is 0.242 e. The maximum absolute atomic E-state index is 11.7. The highest BCUT2D eigenvalue weighted by molar-refractivity contribution is 6.42. The van der Waals surface area contributed by atoms with Crippen molar-refractivity contribution >= 4 is 29.1 Å². The van der Waals surface area contributed by atoms with Crippen molar-refractivity contribution in [3.63, 3.8) is 0 Å². The largest absolute Gasteiger partial charge is 0.368 e. The highest BCUT2D eigenvalue weighted by atomic mass is 35.5. The number of nitrogens with one attached hydrogen (secondary N) is 1. The molecule has 0 aliphatic heterocycles. The van der Waals surface area contributed by atoms with Crippen LogP contribution in [0.25, 0.3) is 0 Å². The van der Waals surface area contributed by atoms with Gasteiger partial charge in [-0.3, -0.25) is 10.1 Å². The first-order chi connectivity index (χ1) is 7.95. The average molecular weight is 273 g/mol. The van der Waals surface area contributed by atoms with Crippen LogP contribution < -0.4 is 11.1 Å². The fourth-order valence-corrected chi connectivity index (χ4v) is 2.30. The number of nitrogens with two attached hydrogens (primary N) is 1. The van der Waals surface area contributed by atoms with E-state index in [1.54, 1.807) is 25.1 Å². The predicted molar refractivity (Wildman–Crippen MR) is 69.2 cm³/mol. The van der Waals surface area contributed by atoms with E-state index in [0.29, 0.717) is 21.7 Å². The normalized spacial score (nSPS) is 18.8. The summed E-state index contributed by atoms with van der Waals surface area (Å²) in [6.07, 6.45) is 2.11. The maximum atomic E-state index is 11.7. The third kappa shape index (κ3) is 2.41. The lowest BCUT2D eigenvalue weighted by Crippen LogP contribution is -2.51. The molecule has 0 radical (unpaired) electrons. The summed E-state index contributed by atoms with van der Waals surface area (Å²) in [7, 11) is 0. The minimum absolute atomic E-state index is 0.336. The zero-order chi connectivity index (χ0) is 12.6. The lowest BCUT2D eigenvalue weighted by atomic mass is 9.91. The average Bonchev–Trinajstić information content (AvgIpc) is 3.05. The molecule has 0 spiro atoms. The van der Waals surface area contributed by atoms with Gasteiger partial charge in [-0.05, 0) is 25.8 Å². The van der Waals surface area contributed by atoms with Crippen molar-refractivity contribution in [3.8, 4) is 0 Å². The molecule has 1 atom stereocenters. The van der Waals surface area contributed by atoms with Crippen LogP contribution >= 0.6 is 23.2 Å². The lowest BCUT2D eigenvalue weighted by molar-refractivity contribution is -0.124. The monoisotopic (exact) mass is 272 g/mol. The van der Waals surface area contributed by atoms with Crippen molar-refractivity contribution < 1.29 is 4.79 Å². The first-order valence-electron chi connectivity index (χ1n) is 5.47. The van der Waals surface area contributed by atoms with E-state index in [9.17, 15) is 4.79 Å². The number of halogens is 2. The molecule has 92 valence electrons. The highest BCUT2D eigenvalue weighted by Crippen LogP contribution is 2.35. The second kappa shape index (κ2) is 4.48. The van der Waals surface area contributed by atoms with E-state index >= 15 is 0 Å². The zero-order valence-corrected chi connectivity index (χ0v) is 11.0. The Balaban J connectivity index is 2.44. The first-order valence-corrected chi connectivity index (χ1v) is 6.23. The number of hydrogen-bond donors (Lipinski definition) is 2. The molecule has 1 saturated carbocycles. The van der Waals surface area contributed by atoms with E-state index < -0.39 is 11.4 Å². The zero-order valence-electron chi connectivity index (χ0n) is 9.47. The Bertz CT molecular complexity index is 460. The Morgan fingerprint density at radius 2 is 2.12 bits per heavy atom. The van der Waals surface area contributed by atoms with Crippen LogP contribution in [0.4, 0.5) is 0 Å². The van der Waals surface area contributed by atoms with Crippen LogP contribution in [0.1, 0.15) is 25.3 Å². The molecule has 1 unspecified atom stereocenters. The van der Waals surface area contributed by atoms with Gasteiger partial charge in [0.1, 0.15) is 5.54 Å². The number of carbonyl (C=O) groups is 1. The van der Waals surface area contributed by atoms with Gasteiger partial charge in [0.25, 0.3) is 0 Å². The van der Waals surface area contributed by atoms with Crippen LogP contribution in [0, 0.1) is 0 Å². The van der Waals surface area contributed by atoms with Gasteiger partial charge in [-0.25, -0.2) is 0 Å². The van der Waals surface area contributed by atoms with E-state index in [0.717, 1.165) is 12.8 Å². The first kappa shape index (κ1) is 12.7. The van der Waals surface area contributed by atoms with Crippen LogP contribution in [0.5, 0.6) is 0 Å². The molecular formula is C12H14Cl2N2O. The van der Waals surface area contributed by atoms with Crippen LogP contribution in [0.3, 0.4) is 0 Å². The summed E-state index contributed by atoms with van der Waals surface area (Å²) in [5.41, 5.74) is 5.16. The van der Waals surface area contributed by atoms with E-state index in [-0.39, 0.29) is 0 Å². The van der Waals surface area contributed by atoms with Crippen LogP contribution in [0.15, 0.2) is 18.2 Å². The number of benzene rings is 1. The Morgan fingerprint density at radius 3 is 2.65 bits per heavy atom. The Morgan fingerprint density at radius 1 is 1.47 bits per heavy atom. The number of carbonyl (C=O) groups excluding carboxylic acids is 1. The third-order valence-electron chi connectivity index (χ3n) is 3.05. The van der Waals surface area contributed by atoms with Crippen LogP contribution in [-0.2, 0) is 10.3 Å². The summed E-state index contributed by atoms with van der Waals surface area (Å²) in [5, 5.41) is 4.04. The molecule has 1 amide bonds. The molecule has 0 heterocycles. The Hall–Kier alpha value is -0.770. The second-order valence-corrected chi connectivity index (χ2v) is 5.29. The molecule has 2 rings (SSSR count). The van der Waals surface area contributed by atoms with Gasteiger partial charge < -0.3 is 5.73 Å². The van der Waals surface area contributed by atoms with Gasteiger partial charge in [0.15, 0.2) is 0 Å². The molecule has 1 fully saturated rings. The van der Waals surface area contributed by atoms with Crippen LogP contribution in [0.2, 0.25) is 10.0 Å². The summed E-state index contributed by atoms with van der Waals surface area (Å²) in [5.74, 6) is -0.450. The minimum atomic E-state index is -0.969. The van der Waals surface area contributed by atoms with Gasteiger partial charge in [0.2, 0.25) is 5.91 Å². The molecular weight excluding hydrogens is 259 g/mol. The topological polar surface area (TPSA) is 55.1 Å².